The van der Waals surface area contributed by atoms with E-state index in [9.17, 15) is 5.11 Å². The lowest BCUT2D eigenvalue weighted by Crippen LogP contribution is -1.84. The molecule has 0 radical (unpaired) electrons. The zero-order valence-corrected chi connectivity index (χ0v) is 10.9. The van der Waals surface area contributed by atoms with Crippen molar-refractivity contribution < 1.29 is 5.11 Å². The number of benzene rings is 2. The van der Waals surface area contributed by atoms with Crippen molar-refractivity contribution >= 4 is 39.0 Å². The Kier molecular flexibility index (Phi) is 2.93. The summed E-state index contributed by atoms with van der Waals surface area (Å²) in [6, 6.07) is 15.1. The van der Waals surface area contributed by atoms with Crippen molar-refractivity contribution in [2.24, 2.45) is 4.99 Å². The molecule has 0 aliphatic carbocycles. The number of aliphatic imine (C=N–C) groups is 1. The monoisotopic (exact) mass is 268 g/mol. The maximum atomic E-state index is 10.1. The summed E-state index contributed by atoms with van der Waals surface area (Å²) in [5.41, 5.74) is 7.16. The Morgan fingerprint density at radius 1 is 1.05 bits per heavy atom. The second-order valence-corrected chi connectivity index (χ2v) is 5.21. The number of nitrogen functional groups attached to an aromatic ring is 1. The zero-order chi connectivity index (χ0) is 13.2. The van der Waals surface area contributed by atoms with E-state index in [1.165, 1.54) is 11.3 Å². The van der Waals surface area contributed by atoms with Crippen LogP contribution in [-0.4, -0.2) is 11.3 Å². The molecule has 2 aromatic carbocycles. The summed E-state index contributed by atoms with van der Waals surface area (Å²) >= 11 is 1.51. The van der Waals surface area contributed by atoms with Gasteiger partial charge in [-0.2, -0.15) is 0 Å². The van der Waals surface area contributed by atoms with Gasteiger partial charge in [0.05, 0.1) is 16.3 Å². The third-order valence-electron chi connectivity index (χ3n) is 2.85. The van der Waals surface area contributed by atoms with Crippen molar-refractivity contribution in [2.75, 3.05) is 5.73 Å². The van der Waals surface area contributed by atoms with Crippen LogP contribution in [0.25, 0.3) is 10.1 Å². The van der Waals surface area contributed by atoms with Gasteiger partial charge in [-0.3, -0.25) is 4.99 Å². The van der Waals surface area contributed by atoms with Crippen LogP contribution in [0.4, 0.5) is 11.4 Å². The smallest absolute Gasteiger partial charge is 0.142 e. The van der Waals surface area contributed by atoms with Crippen molar-refractivity contribution in [3.63, 3.8) is 0 Å². The van der Waals surface area contributed by atoms with Crippen LogP contribution in [0.3, 0.4) is 0 Å². The quantitative estimate of drug-likeness (QED) is 0.546. The second-order valence-electron chi connectivity index (χ2n) is 4.13. The highest BCUT2D eigenvalue weighted by molar-refractivity contribution is 7.21. The zero-order valence-electron chi connectivity index (χ0n) is 10.1. The molecule has 0 aliphatic rings. The fourth-order valence-electron chi connectivity index (χ4n) is 1.87. The van der Waals surface area contributed by atoms with Crippen LogP contribution in [0.1, 0.15) is 4.88 Å². The highest BCUT2D eigenvalue weighted by Crippen LogP contribution is 2.35. The number of fused-ring (bicyclic) bond motifs is 1. The lowest BCUT2D eigenvalue weighted by molar-refractivity contribution is 0.483. The number of para-hydroxylation sites is 2. The molecule has 0 unspecified atom stereocenters. The van der Waals surface area contributed by atoms with E-state index in [1.54, 1.807) is 12.3 Å². The summed E-state index contributed by atoms with van der Waals surface area (Å²) in [6.07, 6.45) is 1.66. The van der Waals surface area contributed by atoms with E-state index in [0.717, 1.165) is 15.0 Å². The molecule has 0 fully saturated rings. The van der Waals surface area contributed by atoms with Gasteiger partial charge in [0.15, 0.2) is 0 Å². The van der Waals surface area contributed by atoms with Crippen molar-refractivity contribution in [3.8, 4) is 5.75 Å². The Morgan fingerprint density at radius 2 is 1.79 bits per heavy atom. The van der Waals surface area contributed by atoms with Crippen LogP contribution < -0.4 is 5.73 Å². The van der Waals surface area contributed by atoms with E-state index in [-0.39, 0.29) is 5.75 Å². The van der Waals surface area contributed by atoms with Crippen LogP contribution in [-0.2, 0) is 0 Å². The largest absolute Gasteiger partial charge is 0.506 e. The van der Waals surface area contributed by atoms with E-state index < -0.39 is 0 Å². The van der Waals surface area contributed by atoms with Gasteiger partial charge in [0.2, 0.25) is 0 Å². The van der Waals surface area contributed by atoms with Gasteiger partial charge < -0.3 is 10.8 Å². The molecule has 0 amide bonds. The lowest BCUT2D eigenvalue weighted by atomic mass is 10.2. The van der Waals surface area contributed by atoms with Gasteiger partial charge in [0.25, 0.3) is 0 Å². The average Bonchev–Trinajstić information content (AvgIpc) is 2.75. The second kappa shape index (κ2) is 4.74. The molecule has 0 spiro atoms. The first-order chi connectivity index (χ1) is 9.25. The molecule has 94 valence electrons. The number of nitrogens with zero attached hydrogens (tertiary/aromatic N) is 1. The predicted octanol–water partition coefficient (Wildman–Crippen LogP) is 3.94. The predicted molar refractivity (Wildman–Crippen MR) is 81.6 cm³/mol. The van der Waals surface area contributed by atoms with Gasteiger partial charge in [-0.25, -0.2) is 0 Å². The van der Waals surface area contributed by atoms with Crippen LogP contribution in [0.15, 0.2) is 53.5 Å². The first kappa shape index (κ1) is 11.7. The molecule has 0 saturated carbocycles. The molecule has 1 heterocycles. The molecule has 0 atom stereocenters. The van der Waals surface area contributed by atoms with Gasteiger partial charge >= 0.3 is 0 Å². The minimum Gasteiger partial charge on any atom is -0.506 e. The highest BCUT2D eigenvalue weighted by atomic mass is 32.1. The summed E-state index contributed by atoms with van der Waals surface area (Å²) in [6.45, 7) is 0. The summed E-state index contributed by atoms with van der Waals surface area (Å²) in [5, 5.41) is 11.0. The highest BCUT2D eigenvalue weighted by Gasteiger charge is 2.08. The van der Waals surface area contributed by atoms with Crippen LogP contribution >= 0.6 is 11.3 Å². The van der Waals surface area contributed by atoms with E-state index in [4.69, 9.17) is 5.73 Å². The molecule has 0 saturated heterocycles. The molecule has 3 rings (SSSR count). The molecular weight excluding hydrogens is 256 g/mol. The third kappa shape index (κ3) is 2.18. The molecule has 4 heteroatoms. The van der Waals surface area contributed by atoms with Crippen LogP contribution in [0.2, 0.25) is 0 Å². The number of aromatic hydroxyl groups is 1. The average molecular weight is 268 g/mol. The number of rotatable bonds is 2. The molecular formula is C15H12N2OS. The maximum absolute atomic E-state index is 10.1. The summed E-state index contributed by atoms with van der Waals surface area (Å²) in [7, 11) is 0. The minimum atomic E-state index is 0.277. The Labute approximate surface area is 114 Å². The van der Waals surface area contributed by atoms with Gasteiger partial charge in [-0.1, -0.05) is 24.3 Å². The van der Waals surface area contributed by atoms with E-state index in [0.29, 0.717) is 11.4 Å². The molecule has 0 bridgehead atoms. The van der Waals surface area contributed by atoms with Crippen molar-refractivity contribution in [3.05, 3.63) is 53.4 Å². The molecule has 3 aromatic rings. The lowest BCUT2D eigenvalue weighted by Gasteiger charge is -1.97. The Balaban J connectivity index is 2.02. The molecule has 3 N–H and O–H groups in total. The Morgan fingerprint density at radius 3 is 2.58 bits per heavy atom. The normalized spacial score (nSPS) is 11.4. The number of nitrogens with two attached hydrogens (primary N) is 1. The first-order valence-electron chi connectivity index (χ1n) is 5.85. The first-order valence-corrected chi connectivity index (χ1v) is 6.66. The fraction of sp³-hybridized carbons (Fsp3) is 0. The number of anilines is 1. The van der Waals surface area contributed by atoms with E-state index in [2.05, 4.69) is 4.99 Å². The standard InChI is InChI=1S/C15H12N2OS/c16-11-6-2-3-7-12(11)17-9-14-15(18)10-5-1-4-8-13(10)19-14/h1-9,18H,16H2. The Hall–Kier alpha value is -2.33. The summed E-state index contributed by atoms with van der Waals surface area (Å²) < 4.78 is 1.04. The minimum absolute atomic E-state index is 0.277. The molecule has 1 aromatic heterocycles. The maximum Gasteiger partial charge on any atom is 0.142 e. The van der Waals surface area contributed by atoms with Crippen molar-refractivity contribution in [1.29, 1.82) is 0 Å². The molecule has 0 aliphatic heterocycles. The molecule has 3 nitrogen and oxygen atoms in total. The van der Waals surface area contributed by atoms with Crippen LogP contribution in [0.5, 0.6) is 5.75 Å². The van der Waals surface area contributed by atoms with Gasteiger partial charge in [0.1, 0.15) is 5.75 Å². The van der Waals surface area contributed by atoms with E-state index in [1.807, 2.05) is 42.5 Å². The van der Waals surface area contributed by atoms with Crippen molar-refractivity contribution in [1.82, 2.24) is 0 Å². The number of thiophene rings is 1. The fourth-order valence-corrected chi connectivity index (χ4v) is 2.84. The third-order valence-corrected chi connectivity index (χ3v) is 3.95. The molecule has 19 heavy (non-hydrogen) atoms. The Bertz CT molecular complexity index is 762. The van der Waals surface area contributed by atoms with E-state index >= 15 is 0 Å². The van der Waals surface area contributed by atoms with Gasteiger partial charge in [0, 0.05) is 16.3 Å². The number of hydrogen-bond donors (Lipinski definition) is 2. The summed E-state index contributed by atoms with van der Waals surface area (Å²) in [5.74, 6) is 0.277. The topological polar surface area (TPSA) is 58.6 Å². The van der Waals surface area contributed by atoms with Gasteiger partial charge in [-0.15, -0.1) is 11.3 Å². The van der Waals surface area contributed by atoms with Gasteiger partial charge in [-0.05, 0) is 24.3 Å². The van der Waals surface area contributed by atoms with Crippen LogP contribution in [0, 0.1) is 0 Å². The number of hydrogen-bond acceptors (Lipinski definition) is 4. The SMILES string of the molecule is Nc1ccccc1N=Cc1sc2ccccc2c1O. The summed E-state index contributed by atoms with van der Waals surface area (Å²) in [4.78, 5) is 5.07. The van der Waals surface area contributed by atoms with Crippen molar-refractivity contribution in [2.45, 2.75) is 0 Å².